The number of nitrogens with zero attached hydrogens (tertiary/aromatic N) is 2. The number of carbonyl (C=O) groups excluding carboxylic acids is 1. The van der Waals surface area contributed by atoms with E-state index >= 15 is 0 Å². The molecule has 6 N–H and O–H groups in total. The smallest absolute Gasteiger partial charge is 0.229 e. The molecule has 1 heterocycles. The molecule has 0 saturated heterocycles. The third-order valence-corrected chi connectivity index (χ3v) is 4.18. The van der Waals surface area contributed by atoms with Gasteiger partial charge in [-0.3, -0.25) is 4.79 Å². The Morgan fingerprint density at radius 1 is 1.33 bits per heavy atom. The fourth-order valence-corrected chi connectivity index (χ4v) is 2.67. The summed E-state index contributed by atoms with van der Waals surface area (Å²) in [5, 5.41) is 28.3. The summed E-state index contributed by atoms with van der Waals surface area (Å²) < 4.78 is 0. The number of benzene rings is 1. The minimum absolute atomic E-state index is 0.0205. The van der Waals surface area contributed by atoms with Crippen LogP contribution >= 0.6 is 24.2 Å². The topological polar surface area (TPSA) is 135 Å². The number of aliphatic hydroxyl groups is 1. The zero-order chi connectivity index (χ0) is 21.8. The highest BCUT2D eigenvalue weighted by Gasteiger charge is 2.07. The Kier molecular flexibility index (Phi) is 9.92. The van der Waals surface area contributed by atoms with Crippen LogP contribution in [0.5, 0.6) is 0 Å². The first-order valence-corrected chi connectivity index (χ1v) is 10.1. The molecule has 1 aromatic heterocycles. The molecule has 2 aromatic rings. The van der Waals surface area contributed by atoms with Gasteiger partial charge in [0, 0.05) is 37.6 Å². The van der Waals surface area contributed by atoms with Crippen molar-refractivity contribution in [1.29, 1.82) is 5.41 Å². The predicted octanol–water partition coefficient (Wildman–Crippen LogP) is 2.49. The van der Waals surface area contributed by atoms with Gasteiger partial charge in [0.15, 0.2) is 5.82 Å². The maximum absolute atomic E-state index is 11.7. The molecule has 1 aromatic carbocycles. The van der Waals surface area contributed by atoms with Crippen molar-refractivity contribution < 1.29 is 9.90 Å². The zero-order valence-electron chi connectivity index (χ0n) is 16.2. The van der Waals surface area contributed by atoms with E-state index in [2.05, 4.69) is 43.9 Å². The number of allylic oxidation sites excluding steroid dienone is 1. The molecule has 1 amide bonds. The molecular formula is C19H24ClN7O2S. The molecular weight excluding hydrogens is 426 g/mol. The van der Waals surface area contributed by atoms with Crippen LogP contribution in [-0.4, -0.2) is 46.1 Å². The van der Waals surface area contributed by atoms with Crippen LogP contribution in [0.1, 0.15) is 12.0 Å². The van der Waals surface area contributed by atoms with Crippen molar-refractivity contribution in [3.05, 3.63) is 52.9 Å². The number of rotatable bonds is 12. The van der Waals surface area contributed by atoms with Crippen LogP contribution in [0, 0.1) is 5.41 Å². The highest BCUT2D eigenvalue weighted by Crippen LogP contribution is 2.21. The normalized spacial score (nSPS) is 11.0. The van der Waals surface area contributed by atoms with Gasteiger partial charge in [-0.2, -0.15) is 17.6 Å². The molecule has 0 atom stereocenters. The third kappa shape index (κ3) is 7.90. The lowest BCUT2D eigenvalue weighted by Crippen LogP contribution is -2.15. The summed E-state index contributed by atoms with van der Waals surface area (Å²) >= 11 is 10.2. The lowest BCUT2D eigenvalue weighted by molar-refractivity contribution is -0.115. The van der Waals surface area contributed by atoms with Gasteiger partial charge >= 0.3 is 0 Å². The van der Waals surface area contributed by atoms with Gasteiger partial charge in [-0.1, -0.05) is 23.7 Å². The number of carbonyl (C=O) groups is 1. The van der Waals surface area contributed by atoms with Gasteiger partial charge < -0.3 is 31.8 Å². The monoisotopic (exact) mass is 449 g/mol. The van der Waals surface area contributed by atoms with E-state index in [1.807, 2.05) is 24.3 Å². The van der Waals surface area contributed by atoms with Crippen molar-refractivity contribution in [1.82, 2.24) is 15.3 Å². The first-order valence-electron chi connectivity index (χ1n) is 9.13. The molecule has 11 heteroatoms. The fourth-order valence-electron chi connectivity index (χ4n) is 2.31. The number of anilines is 3. The largest absolute Gasteiger partial charge is 0.395 e. The number of thiol groups is 1. The number of hydrogen-bond donors (Lipinski definition) is 7. The average molecular weight is 450 g/mol. The maximum atomic E-state index is 11.7. The first-order chi connectivity index (χ1) is 14.5. The van der Waals surface area contributed by atoms with Crippen LogP contribution in [-0.2, 0) is 11.3 Å². The number of aromatic nitrogens is 2. The maximum Gasteiger partial charge on any atom is 0.229 e. The van der Waals surface area contributed by atoms with E-state index in [0.29, 0.717) is 47.5 Å². The molecule has 0 saturated carbocycles. The highest BCUT2D eigenvalue weighted by molar-refractivity contribution is 7.80. The molecule has 0 spiro atoms. The second kappa shape index (κ2) is 12.7. The number of halogens is 1. The van der Waals surface area contributed by atoms with E-state index in [9.17, 15) is 4.79 Å². The van der Waals surface area contributed by atoms with Crippen molar-refractivity contribution in [2.75, 3.05) is 34.9 Å². The summed E-state index contributed by atoms with van der Waals surface area (Å²) in [7, 11) is 0. The summed E-state index contributed by atoms with van der Waals surface area (Å²) in [6, 6.07) is 7.44. The highest BCUT2D eigenvalue weighted by atomic mass is 35.5. The molecule has 9 nitrogen and oxygen atoms in total. The van der Waals surface area contributed by atoms with Crippen molar-refractivity contribution >= 4 is 53.8 Å². The average Bonchev–Trinajstić information content (AvgIpc) is 2.73. The molecule has 0 bridgehead atoms. The zero-order valence-corrected chi connectivity index (χ0v) is 17.8. The molecule has 0 aliphatic heterocycles. The second-order valence-electron chi connectivity index (χ2n) is 6.01. The number of hydrogen-bond acceptors (Lipinski definition) is 9. The van der Waals surface area contributed by atoms with Crippen molar-refractivity contribution in [2.24, 2.45) is 0 Å². The minimum Gasteiger partial charge on any atom is -0.395 e. The molecule has 30 heavy (non-hydrogen) atoms. The van der Waals surface area contributed by atoms with E-state index in [1.54, 1.807) is 6.20 Å². The van der Waals surface area contributed by atoms with Gasteiger partial charge in [-0.05, 0) is 23.4 Å². The molecule has 0 unspecified atom stereocenters. The predicted molar refractivity (Wildman–Crippen MR) is 123 cm³/mol. The third-order valence-electron chi connectivity index (χ3n) is 3.68. The van der Waals surface area contributed by atoms with Crippen molar-refractivity contribution in [2.45, 2.75) is 13.0 Å². The Hall–Kier alpha value is -2.82. The Morgan fingerprint density at radius 3 is 2.90 bits per heavy atom. The van der Waals surface area contributed by atoms with Gasteiger partial charge in [0.2, 0.25) is 11.9 Å². The molecule has 0 aliphatic rings. The van der Waals surface area contributed by atoms with Crippen LogP contribution in [0.25, 0.3) is 0 Å². The summed E-state index contributed by atoms with van der Waals surface area (Å²) in [4.78, 5) is 20.2. The standard InChI is InChI=1S/C19H24ClN7O2S/c20-16-12-24-19(26-15(9-21)11-22-5-6-28)27-18(16)23-10-13-2-1-3-14(8-13)25-17(29)4-7-30/h1-3,8-9,11-12,21-22,28,30H,4-7,10H2,(H,25,29)(H2,23,24,26,27)/b15-11+,21-9?. The summed E-state index contributed by atoms with van der Waals surface area (Å²) in [5.74, 6) is 1.08. The van der Waals surface area contributed by atoms with E-state index in [-0.39, 0.29) is 18.5 Å². The van der Waals surface area contributed by atoms with Crippen LogP contribution in [0.2, 0.25) is 5.02 Å². The Morgan fingerprint density at radius 2 is 2.17 bits per heavy atom. The molecule has 0 aliphatic carbocycles. The SMILES string of the molecule is N=C/C(=C\NCCO)Nc1ncc(Cl)c(NCc2cccc(NC(=O)CCS)c2)n1. The minimum atomic E-state index is -0.0896. The number of aliphatic hydroxyl groups excluding tert-OH is 1. The van der Waals surface area contributed by atoms with E-state index in [0.717, 1.165) is 11.8 Å². The van der Waals surface area contributed by atoms with Gasteiger partial charge in [0.25, 0.3) is 0 Å². The van der Waals surface area contributed by atoms with Gasteiger partial charge in [-0.25, -0.2) is 4.98 Å². The quantitative estimate of drug-likeness (QED) is 0.150. The summed E-state index contributed by atoms with van der Waals surface area (Å²) in [6.07, 6.45) is 4.44. The van der Waals surface area contributed by atoms with E-state index < -0.39 is 0 Å². The van der Waals surface area contributed by atoms with Gasteiger partial charge in [-0.15, -0.1) is 0 Å². The van der Waals surface area contributed by atoms with Crippen LogP contribution in [0.4, 0.5) is 17.5 Å². The Balaban J connectivity index is 2.03. The number of nitrogens with one attached hydrogen (secondary N) is 5. The van der Waals surface area contributed by atoms with Gasteiger partial charge in [0.1, 0.15) is 5.02 Å². The Bertz CT molecular complexity index is 895. The van der Waals surface area contributed by atoms with Crippen LogP contribution < -0.4 is 21.3 Å². The van der Waals surface area contributed by atoms with E-state index in [4.69, 9.17) is 22.1 Å². The van der Waals surface area contributed by atoms with Crippen molar-refractivity contribution in [3.8, 4) is 0 Å². The molecule has 2 rings (SSSR count). The van der Waals surface area contributed by atoms with Crippen LogP contribution in [0.15, 0.2) is 42.4 Å². The fraction of sp³-hybridized carbons (Fsp3) is 0.263. The summed E-state index contributed by atoms with van der Waals surface area (Å²) in [5.41, 5.74) is 2.05. The second-order valence-corrected chi connectivity index (χ2v) is 6.87. The van der Waals surface area contributed by atoms with E-state index in [1.165, 1.54) is 6.20 Å². The molecule has 0 radical (unpaired) electrons. The lowest BCUT2D eigenvalue weighted by Gasteiger charge is -2.11. The number of amides is 1. The first kappa shape index (κ1) is 23.5. The Labute approximate surface area is 185 Å². The van der Waals surface area contributed by atoms with Crippen LogP contribution in [0.3, 0.4) is 0 Å². The molecule has 0 fully saturated rings. The summed E-state index contributed by atoms with van der Waals surface area (Å²) in [6.45, 7) is 0.770. The van der Waals surface area contributed by atoms with Crippen molar-refractivity contribution in [3.63, 3.8) is 0 Å². The lowest BCUT2D eigenvalue weighted by atomic mass is 10.2. The molecule has 160 valence electrons. The van der Waals surface area contributed by atoms with Gasteiger partial charge in [0.05, 0.1) is 18.5 Å².